The van der Waals surface area contributed by atoms with Crippen molar-refractivity contribution >= 4 is 21.6 Å². The molecule has 1 fully saturated rings. The molecule has 1 aliphatic rings. The molecule has 0 atom stereocenters. The van der Waals surface area contributed by atoms with Crippen molar-refractivity contribution in [3.8, 4) is 0 Å². The zero-order valence-corrected chi connectivity index (χ0v) is 12.3. The van der Waals surface area contributed by atoms with E-state index in [4.69, 9.17) is 11.6 Å². The molecule has 19 heavy (non-hydrogen) atoms. The first-order valence-corrected chi connectivity index (χ1v) is 8.28. The van der Waals surface area contributed by atoms with Crippen LogP contribution in [-0.2, 0) is 10.0 Å². The predicted molar refractivity (Wildman–Crippen MR) is 74.7 cm³/mol. The van der Waals surface area contributed by atoms with Crippen molar-refractivity contribution in [2.75, 3.05) is 26.2 Å². The molecule has 5 nitrogen and oxygen atoms in total. The van der Waals surface area contributed by atoms with Crippen LogP contribution >= 0.6 is 11.6 Å². The monoisotopic (exact) mass is 303 g/mol. The molecule has 0 amide bonds. The molecule has 0 aliphatic carbocycles. The molecular formula is C12H18ClN3O2S. The lowest BCUT2D eigenvalue weighted by atomic mass is 10.4. The average molecular weight is 304 g/mol. The molecule has 0 bridgehead atoms. The third-order valence-corrected chi connectivity index (χ3v) is 5.06. The third kappa shape index (κ3) is 4.14. The van der Waals surface area contributed by atoms with Gasteiger partial charge in [-0.3, -0.25) is 0 Å². The van der Waals surface area contributed by atoms with Crippen molar-refractivity contribution in [2.24, 2.45) is 0 Å². The summed E-state index contributed by atoms with van der Waals surface area (Å²) >= 11 is 5.79. The van der Waals surface area contributed by atoms with Gasteiger partial charge in [0, 0.05) is 12.7 Å². The normalized spacial score (nSPS) is 16.9. The van der Waals surface area contributed by atoms with Gasteiger partial charge in [-0.1, -0.05) is 11.6 Å². The summed E-state index contributed by atoms with van der Waals surface area (Å²) in [6.45, 7) is 3.61. The second kappa shape index (κ2) is 6.65. The van der Waals surface area contributed by atoms with E-state index < -0.39 is 10.0 Å². The maximum Gasteiger partial charge on any atom is 0.243 e. The summed E-state index contributed by atoms with van der Waals surface area (Å²) in [5, 5.41) is 0.00884. The highest BCUT2D eigenvalue weighted by molar-refractivity contribution is 7.89. The van der Waals surface area contributed by atoms with E-state index >= 15 is 0 Å². The van der Waals surface area contributed by atoms with E-state index in [-0.39, 0.29) is 10.0 Å². The van der Waals surface area contributed by atoms with Gasteiger partial charge in [-0.2, -0.15) is 0 Å². The molecule has 0 saturated carbocycles. The van der Waals surface area contributed by atoms with Crippen molar-refractivity contribution in [3.05, 3.63) is 23.5 Å². The Hall–Kier alpha value is -0.690. The van der Waals surface area contributed by atoms with Crippen LogP contribution in [0.3, 0.4) is 0 Å². The Morgan fingerprint density at radius 3 is 2.79 bits per heavy atom. The highest BCUT2D eigenvalue weighted by Gasteiger charge is 2.18. The van der Waals surface area contributed by atoms with Gasteiger partial charge in [0.15, 0.2) is 0 Å². The van der Waals surface area contributed by atoms with Gasteiger partial charge in [-0.05, 0) is 51.0 Å². The van der Waals surface area contributed by atoms with Crippen LogP contribution in [0.1, 0.15) is 19.3 Å². The number of nitrogens with zero attached hydrogens (tertiary/aromatic N) is 2. The van der Waals surface area contributed by atoms with Crippen molar-refractivity contribution in [3.63, 3.8) is 0 Å². The molecule has 0 radical (unpaired) electrons. The maximum atomic E-state index is 12.0. The molecule has 106 valence electrons. The van der Waals surface area contributed by atoms with E-state index in [1.165, 1.54) is 25.1 Å². The fourth-order valence-corrected chi connectivity index (χ4v) is 3.69. The Kier molecular flexibility index (Phi) is 5.15. The van der Waals surface area contributed by atoms with Crippen LogP contribution in [-0.4, -0.2) is 44.5 Å². The SMILES string of the molecule is O=S(=O)(NCCCN1CCCC1)c1cccnc1Cl. The van der Waals surface area contributed by atoms with Crippen molar-refractivity contribution < 1.29 is 8.42 Å². The van der Waals surface area contributed by atoms with E-state index in [2.05, 4.69) is 14.6 Å². The van der Waals surface area contributed by atoms with Crippen molar-refractivity contribution in [1.29, 1.82) is 0 Å². The third-order valence-electron chi connectivity index (χ3n) is 3.16. The van der Waals surface area contributed by atoms with Gasteiger partial charge < -0.3 is 4.90 Å². The number of halogens is 1. The van der Waals surface area contributed by atoms with Crippen LogP contribution < -0.4 is 4.72 Å². The van der Waals surface area contributed by atoms with Crippen molar-refractivity contribution in [1.82, 2.24) is 14.6 Å². The minimum Gasteiger partial charge on any atom is -0.303 e. The summed E-state index contributed by atoms with van der Waals surface area (Å²) in [5.74, 6) is 0. The first-order valence-electron chi connectivity index (χ1n) is 6.42. The molecule has 0 unspecified atom stereocenters. The minimum atomic E-state index is -3.55. The van der Waals surface area contributed by atoms with E-state index in [0.29, 0.717) is 6.54 Å². The topological polar surface area (TPSA) is 62.3 Å². The summed E-state index contributed by atoms with van der Waals surface area (Å²) in [6.07, 6.45) is 4.76. The standard InChI is InChI=1S/C12H18ClN3O2S/c13-12-11(5-3-6-14-12)19(17,18)15-7-4-10-16-8-1-2-9-16/h3,5-6,15H,1-2,4,7-10H2. The van der Waals surface area contributed by atoms with Crippen LogP contribution in [0.5, 0.6) is 0 Å². The van der Waals surface area contributed by atoms with Crippen LogP contribution in [0.2, 0.25) is 5.15 Å². The number of aromatic nitrogens is 1. The smallest absolute Gasteiger partial charge is 0.243 e. The van der Waals surface area contributed by atoms with Gasteiger partial charge in [0.1, 0.15) is 10.0 Å². The van der Waals surface area contributed by atoms with E-state index in [0.717, 1.165) is 26.1 Å². The Balaban J connectivity index is 1.82. The fourth-order valence-electron chi connectivity index (χ4n) is 2.16. The Labute approximate surface area is 119 Å². The predicted octanol–water partition coefficient (Wildman–Crippen LogP) is 1.50. The lowest BCUT2D eigenvalue weighted by Gasteiger charge is -2.14. The maximum absolute atomic E-state index is 12.0. The first-order chi connectivity index (χ1) is 9.09. The molecule has 2 heterocycles. The van der Waals surface area contributed by atoms with Gasteiger partial charge in [0.2, 0.25) is 10.0 Å². The Morgan fingerprint density at radius 2 is 2.11 bits per heavy atom. The summed E-state index contributed by atoms with van der Waals surface area (Å²) in [4.78, 5) is 6.17. The molecular weight excluding hydrogens is 286 g/mol. The van der Waals surface area contributed by atoms with Crippen LogP contribution in [0.4, 0.5) is 0 Å². The lowest BCUT2D eigenvalue weighted by Crippen LogP contribution is -2.29. The quantitative estimate of drug-likeness (QED) is 0.639. The molecule has 0 spiro atoms. The van der Waals surface area contributed by atoms with Gasteiger partial charge in [-0.15, -0.1) is 0 Å². The highest BCUT2D eigenvalue weighted by Crippen LogP contribution is 2.17. The van der Waals surface area contributed by atoms with Gasteiger partial charge in [-0.25, -0.2) is 18.1 Å². The minimum absolute atomic E-state index is 0.00884. The first kappa shape index (κ1) is 14.7. The van der Waals surface area contributed by atoms with Gasteiger partial charge >= 0.3 is 0 Å². The summed E-state index contributed by atoms with van der Waals surface area (Å²) in [5.41, 5.74) is 0. The molecule has 2 rings (SSSR count). The molecule has 7 heteroatoms. The molecule has 0 aromatic carbocycles. The van der Waals surface area contributed by atoms with Crippen LogP contribution in [0, 0.1) is 0 Å². The van der Waals surface area contributed by atoms with Gasteiger partial charge in [0.25, 0.3) is 0 Å². The van der Waals surface area contributed by atoms with Crippen LogP contribution in [0.25, 0.3) is 0 Å². The largest absolute Gasteiger partial charge is 0.303 e. The Bertz CT molecular complexity index is 515. The van der Waals surface area contributed by atoms with Crippen molar-refractivity contribution in [2.45, 2.75) is 24.2 Å². The zero-order valence-electron chi connectivity index (χ0n) is 10.7. The second-order valence-corrected chi connectivity index (χ2v) is 6.69. The molecule has 1 saturated heterocycles. The number of nitrogens with one attached hydrogen (secondary N) is 1. The number of hydrogen-bond donors (Lipinski definition) is 1. The number of pyridine rings is 1. The number of rotatable bonds is 6. The Morgan fingerprint density at radius 1 is 1.37 bits per heavy atom. The highest BCUT2D eigenvalue weighted by atomic mass is 35.5. The summed E-state index contributed by atoms with van der Waals surface area (Å²) in [6, 6.07) is 3.02. The van der Waals surface area contributed by atoms with E-state index in [1.54, 1.807) is 6.07 Å². The summed E-state index contributed by atoms with van der Waals surface area (Å²) < 4.78 is 26.6. The number of likely N-dealkylation sites (tertiary alicyclic amines) is 1. The average Bonchev–Trinajstić information content (AvgIpc) is 2.88. The molecule has 1 aromatic heterocycles. The van der Waals surface area contributed by atoms with E-state index in [9.17, 15) is 8.42 Å². The lowest BCUT2D eigenvalue weighted by molar-refractivity contribution is 0.334. The number of hydrogen-bond acceptors (Lipinski definition) is 4. The fraction of sp³-hybridized carbons (Fsp3) is 0.583. The summed E-state index contributed by atoms with van der Waals surface area (Å²) in [7, 11) is -3.55. The molecule has 1 N–H and O–H groups in total. The van der Waals surface area contributed by atoms with Gasteiger partial charge in [0.05, 0.1) is 0 Å². The van der Waals surface area contributed by atoms with Crippen LogP contribution in [0.15, 0.2) is 23.2 Å². The molecule has 1 aliphatic heterocycles. The zero-order chi connectivity index (χ0) is 13.7. The second-order valence-electron chi connectivity index (χ2n) is 4.59. The molecule has 1 aromatic rings. The number of sulfonamides is 1. The van der Waals surface area contributed by atoms with E-state index in [1.807, 2.05) is 0 Å².